The Hall–Kier alpha value is -1.11. The Kier molecular flexibility index (Phi) is 5.78. The van der Waals surface area contributed by atoms with Crippen LogP contribution < -0.4 is 0 Å². The van der Waals surface area contributed by atoms with Gasteiger partial charge < -0.3 is 14.6 Å². The van der Waals surface area contributed by atoms with E-state index >= 15 is 0 Å². The number of aliphatic hydroxyl groups excluding tert-OH is 1. The summed E-state index contributed by atoms with van der Waals surface area (Å²) in [5.41, 5.74) is 0.676. The second kappa shape index (κ2) is 6.88. The monoisotopic (exact) mass is 278 g/mol. The fraction of sp³-hybridized carbons (Fsp3) is 0.538. The number of hydrogen-bond donors (Lipinski definition) is 1. The lowest BCUT2D eigenvalue weighted by Crippen LogP contribution is -2.44. The first-order chi connectivity index (χ1) is 8.90. The van der Waals surface area contributed by atoms with Gasteiger partial charge in [-0.15, -0.1) is 0 Å². The van der Waals surface area contributed by atoms with Crippen LogP contribution in [0.1, 0.15) is 5.56 Å². The minimum atomic E-state index is -4.71. The Morgan fingerprint density at radius 1 is 1.11 bits per heavy atom. The van der Waals surface area contributed by atoms with Gasteiger partial charge in [0.1, 0.15) is 0 Å². The summed E-state index contributed by atoms with van der Waals surface area (Å²) in [4.78, 5) is 0. The van der Waals surface area contributed by atoms with Gasteiger partial charge in [-0.25, -0.2) is 0 Å². The van der Waals surface area contributed by atoms with Crippen LogP contribution in [0.5, 0.6) is 0 Å². The summed E-state index contributed by atoms with van der Waals surface area (Å²) in [5, 5.41) is 9.45. The SMILES string of the molecule is COC(OC)[C@@H](Cc1ccccc1)[C@@H](O)C(F)(F)F. The summed E-state index contributed by atoms with van der Waals surface area (Å²) in [6, 6.07) is 8.60. The Balaban J connectivity index is 2.92. The predicted molar refractivity (Wildman–Crippen MR) is 63.5 cm³/mol. The average Bonchev–Trinajstić information content (AvgIpc) is 2.38. The highest BCUT2D eigenvalue weighted by Gasteiger charge is 2.46. The van der Waals surface area contributed by atoms with E-state index in [4.69, 9.17) is 9.47 Å². The minimum absolute atomic E-state index is 0.00780. The van der Waals surface area contributed by atoms with E-state index < -0.39 is 24.5 Å². The van der Waals surface area contributed by atoms with E-state index in [1.807, 2.05) is 0 Å². The third-order valence-corrected chi connectivity index (χ3v) is 2.87. The zero-order valence-corrected chi connectivity index (χ0v) is 10.7. The highest BCUT2D eigenvalue weighted by molar-refractivity contribution is 5.15. The van der Waals surface area contributed by atoms with Crippen molar-refractivity contribution in [2.24, 2.45) is 5.92 Å². The van der Waals surface area contributed by atoms with Crippen LogP contribution in [-0.4, -0.2) is 37.9 Å². The van der Waals surface area contributed by atoms with Crippen molar-refractivity contribution in [3.05, 3.63) is 35.9 Å². The fourth-order valence-corrected chi connectivity index (χ4v) is 1.93. The van der Waals surface area contributed by atoms with Crippen molar-refractivity contribution in [3.63, 3.8) is 0 Å². The van der Waals surface area contributed by atoms with Gasteiger partial charge in [0.25, 0.3) is 0 Å². The van der Waals surface area contributed by atoms with Crippen LogP contribution in [0.25, 0.3) is 0 Å². The Morgan fingerprint density at radius 2 is 1.63 bits per heavy atom. The molecule has 0 saturated carbocycles. The van der Waals surface area contributed by atoms with Gasteiger partial charge in [0.2, 0.25) is 0 Å². The predicted octanol–water partition coefficient (Wildman–Crippen LogP) is 2.39. The van der Waals surface area contributed by atoms with Crippen molar-refractivity contribution in [3.8, 4) is 0 Å². The van der Waals surface area contributed by atoms with E-state index in [-0.39, 0.29) is 6.42 Å². The summed E-state index contributed by atoms with van der Waals surface area (Å²) in [6.45, 7) is 0. The van der Waals surface area contributed by atoms with Crippen LogP contribution in [0.15, 0.2) is 30.3 Å². The van der Waals surface area contributed by atoms with Gasteiger partial charge in [-0.05, 0) is 12.0 Å². The van der Waals surface area contributed by atoms with Crippen LogP contribution in [0, 0.1) is 5.92 Å². The van der Waals surface area contributed by atoms with Gasteiger partial charge in [0.15, 0.2) is 12.4 Å². The molecule has 0 radical (unpaired) electrons. The molecule has 2 atom stereocenters. The average molecular weight is 278 g/mol. The smallest absolute Gasteiger partial charge is 0.383 e. The largest absolute Gasteiger partial charge is 0.414 e. The first-order valence-corrected chi connectivity index (χ1v) is 5.74. The van der Waals surface area contributed by atoms with Gasteiger partial charge in [0, 0.05) is 20.1 Å². The zero-order chi connectivity index (χ0) is 14.5. The maximum absolute atomic E-state index is 12.7. The quantitative estimate of drug-likeness (QED) is 0.812. The molecule has 108 valence electrons. The number of rotatable bonds is 6. The van der Waals surface area contributed by atoms with Crippen molar-refractivity contribution >= 4 is 0 Å². The maximum Gasteiger partial charge on any atom is 0.414 e. The fourth-order valence-electron chi connectivity index (χ4n) is 1.93. The zero-order valence-electron chi connectivity index (χ0n) is 10.7. The van der Waals surface area contributed by atoms with Crippen LogP contribution in [0.4, 0.5) is 13.2 Å². The highest BCUT2D eigenvalue weighted by atomic mass is 19.4. The third-order valence-electron chi connectivity index (χ3n) is 2.87. The van der Waals surface area contributed by atoms with Gasteiger partial charge >= 0.3 is 6.18 Å². The summed E-state index contributed by atoms with van der Waals surface area (Å²) in [7, 11) is 2.49. The molecule has 0 saturated heterocycles. The van der Waals surface area contributed by atoms with Crippen molar-refractivity contribution in [2.45, 2.75) is 25.0 Å². The molecular weight excluding hydrogens is 261 g/mol. The van der Waals surface area contributed by atoms with Gasteiger partial charge in [-0.1, -0.05) is 30.3 Å². The number of alkyl halides is 3. The molecule has 0 bridgehead atoms. The lowest BCUT2D eigenvalue weighted by atomic mass is 9.93. The Labute approximate surface area is 110 Å². The van der Waals surface area contributed by atoms with Crippen molar-refractivity contribution < 1.29 is 27.8 Å². The number of halogens is 3. The number of methoxy groups -OCH3 is 2. The summed E-state index contributed by atoms with van der Waals surface area (Å²) < 4.78 is 47.8. The van der Waals surface area contributed by atoms with Crippen LogP contribution in [-0.2, 0) is 15.9 Å². The Morgan fingerprint density at radius 3 is 2.05 bits per heavy atom. The molecule has 0 aliphatic heterocycles. The van der Waals surface area contributed by atoms with E-state index in [0.29, 0.717) is 5.56 Å². The normalized spacial score (nSPS) is 15.5. The van der Waals surface area contributed by atoms with Gasteiger partial charge in [-0.3, -0.25) is 0 Å². The highest BCUT2D eigenvalue weighted by Crippen LogP contribution is 2.30. The Bertz CT molecular complexity index is 363. The second-order valence-electron chi connectivity index (χ2n) is 4.18. The number of benzene rings is 1. The molecule has 1 aromatic rings. The first-order valence-electron chi connectivity index (χ1n) is 5.74. The molecule has 0 aromatic heterocycles. The first kappa shape index (κ1) is 15.9. The number of aliphatic hydroxyl groups is 1. The third kappa shape index (κ3) is 4.49. The lowest BCUT2D eigenvalue weighted by Gasteiger charge is -2.30. The molecule has 1 N–H and O–H groups in total. The van der Waals surface area contributed by atoms with Crippen LogP contribution >= 0.6 is 0 Å². The molecule has 0 fully saturated rings. The lowest BCUT2D eigenvalue weighted by molar-refractivity contribution is -0.253. The van der Waals surface area contributed by atoms with E-state index in [1.54, 1.807) is 30.3 Å². The van der Waals surface area contributed by atoms with E-state index in [2.05, 4.69) is 0 Å². The molecule has 1 aromatic carbocycles. The molecule has 0 spiro atoms. The molecule has 0 aliphatic rings. The van der Waals surface area contributed by atoms with E-state index in [9.17, 15) is 18.3 Å². The maximum atomic E-state index is 12.7. The van der Waals surface area contributed by atoms with Crippen LogP contribution in [0.3, 0.4) is 0 Å². The van der Waals surface area contributed by atoms with Crippen molar-refractivity contribution in [1.82, 2.24) is 0 Å². The topological polar surface area (TPSA) is 38.7 Å². The minimum Gasteiger partial charge on any atom is -0.383 e. The molecule has 6 heteroatoms. The molecule has 0 amide bonds. The summed E-state index contributed by atoms with van der Waals surface area (Å²) >= 11 is 0. The standard InChI is InChI=1S/C13H17F3O3/c1-18-12(19-2)10(11(17)13(14,15)16)8-9-6-4-3-5-7-9/h3-7,10-12,17H,8H2,1-2H3/t10-,11+/m0/s1. The van der Waals surface area contributed by atoms with Crippen LogP contribution in [0.2, 0.25) is 0 Å². The molecule has 3 nitrogen and oxygen atoms in total. The molecule has 0 heterocycles. The van der Waals surface area contributed by atoms with E-state index in [0.717, 1.165) is 0 Å². The molecule has 0 aliphatic carbocycles. The molecule has 19 heavy (non-hydrogen) atoms. The van der Waals surface area contributed by atoms with Gasteiger partial charge in [0.05, 0.1) is 0 Å². The molecule has 1 rings (SSSR count). The van der Waals surface area contributed by atoms with Crippen molar-refractivity contribution in [1.29, 1.82) is 0 Å². The van der Waals surface area contributed by atoms with Crippen molar-refractivity contribution in [2.75, 3.05) is 14.2 Å². The molecular formula is C13H17F3O3. The van der Waals surface area contributed by atoms with Gasteiger partial charge in [-0.2, -0.15) is 13.2 Å². The second-order valence-corrected chi connectivity index (χ2v) is 4.18. The number of ether oxygens (including phenoxy) is 2. The molecule has 0 unspecified atom stereocenters. The summed E-state index contributed by atoms with van der Waals surface area (Å²) in [6.07, 6.45) is -8.34. The number of hydrogen-bond acceptors (Lipinski definition) is 3. The van der Waals surface area contributed by atoms with E-state index in [1.165, 1.54) is 14.2 Å². The summed E-state index contributed by atoms with van der Waals surface area (Å²) in [5.74, 6) is -1.22.